The molecule has 2 fully saturated rings. The van der Waals surface area contributed by atoms with E-state index in [1.807, 2.05) is 29.3 Å². The smallest absolute Gasteiger partial charge is 0.290 e. The first-order chi connectivity index (χ1) is 31.4. The van der Waals surface area contributed by atoms with Crippen LogP contribution in [0.3, 0.4) is 0 Å². The number of unbranched alkanes of at least 4 members (excludes halogenated alkanes) is 5. The molecule has 19 heteroatoms. The Kier molecular flexibility index (Phi) is 16.0. The Bertz CT molecular complexity index is 2480. The third kappa shape index (κ3) is 10.8. The standard InChI is InChI=1S/C45H51N7O10.CH2O2/c1-49-24-33(30-15-17-46-21-32(30)43(49)57)28-19-37(60-2)34(38(20-28)61-3)25-50-22-29(23-50)51(27-53)18-9-7-5-4-6-8-16-47-40(55)26-62-36-12-10-11-31-41(36)45(59)52(44(31)58)35-13-14-39(54)48-42(35)56;2-1-3/h10-12,15,17,19-21,24,27,29,35H,4-9,13-14,16,18,22-23,25-26H2,1-3H3,(H,47,55)(H,48,54,56);1H,(H,2,3). The maximum Gasteiger partial charge on any atom is 0.290 e. The number of hydrogen-bond acceptors (Lipinski definition) is 13. The minimum atomic E-state index is -1.09. The number of rotatable bonds is 20. The van der Waals surface area contributed by atoms with Gasteiger partial charge in [-0.15, -0.1) is 0 Å². The number of benzene rings is 2. The number of aromatic nitrogens is 2. The van der Waals surface area contributed by atoms with Gasteiger partial charge in [0.1, 0.15) is 23.3 Å². The van der Waals surface area contributed by atoms with E-state index in [-0.39, 0.29) is 60.3 Å². The topological polar surface area (TPSA) is 236 Å². The maximum atomic E-state index is 13.2. The van der Waals surface area contributed by atoms with Gasteiger partial charge < -0.3 is 34.1 Å². The summed E-state index contributed by atoms with van der Waals surface area (Å²) in [7, 11) is 4.98. The first-order valence-corrected chi connectivity index (χ1v) is 21.4. The molecule has 0 radical (unpaired) electrons. The van der Waals surface area contributed by atoms with Gasteiger partial charge in [-0.25, -0.2) is 0 Å². The van der Waals surface area contributed by atoms with Gasteiger partial charge in [0.15, 0.2) is 6.61 Å². The van der Waals surface area contributed by atoms with E-state index >= 15 is 0 Å². The summed E-state index contributed by atoms with van der Waals surface area (Å²) in [5, 5.41) is 13.2. The Morgan fingerprint density at radius 1 is 0.923 bits per heavy atom. The number of fused-ring (bicyclic) bond motifs is 2. The highest BCUT2D eigenvalue weighted by molar-refractivity contribution is 6.24. The lowest BCUT2D eigenvalue weighted by molar-refractivity contribution is -0.136. The van der Waals surface area contributed by atoms with Gasteiger partial charge in [-0.05, 0) is 60.5 Å². The van der Waals surface area contributed by atoms with Crippen molar-refractivity contribution in [3.05, 3.63) is 82.0 Å². The van der Waals surface area contributed by atoms with E-state index in [4.69, 9.17) is 24.1 Å². The van der Waals surface area contributed by atoms with Crippen molar-refractivity contribution < 1.29 is 52.9 Å². The quantitative estimate of drug-likeness (QED) is 0.0658. The van der Waals surface area contributed by atoms with Crippen LogP contribution in [0.25, 0.3) is 21.9 Å². The molecule has 7 rings (SSSR count). The molecule has 4 aromatic rings. The van der Waals surface area contributed by atoms with Crippen molar-refractivity contribution in [3.63, 3.8) is 0 Å². The van der Waals surface area contributed by atoms with Crippen molar-refractivity contribution in [2.75, 3.05) is 47.0 Å². The highest BCUT2D eigenvalue weighted by Gasteiger charge is 2.46. The molecule has 65 heavy (non-hydrogen) atoms. The summed E-state index contributed by atoms with van der Waals surface area (Å²) in [6.45, 7) is 2.59. The van der Waals surface area contributed by atoms with Crippen molar-refractivity contribution >= 4 is 53.2 Å². The minimum absolute atomic E-state index is 0.00514. The number of hydrogen-bond donors (Lipinski definition) is 3. The molecule has 3 aliphatic heterocycles. The molecule has 0 saturated carbocycles. The molecule has 3 N–H and O–H groups in total. The average molecular weight is 896 g/mol. The maximum absolute atomic E-state index is 13.2. The number of nitrogens with one attached hydrogen (secondary N) is 2. The van der Waals surface area contributed by atoms with E-state index in [9.17, 15) is 33.6 Å². The normalized spacial score (nSPS) is 15.9. The second-order valence-electron chi connectivity index (χ2n) is 15.9. The van der Waals surface area contributed by atoms with Crippen molar-refractivity contribution in [2.24, 2.45) is 7.05 Å². The van der Waals surface area contributed by atoms with Gasteiger partial charge in [0, 0.05) is 70.3 Å². The largest absolute Gasteiger partial charge is 0.496 e. The average Bonchev–Trinajstić information content (AvgIpc) is 3.54. The zero-order valence-corrected chi connectivity index (χ0v) is 36.6. The highest BCUT2D eigenvalue weighted by atomic mass is 16.5. The first-order valence-electron chi connectivity index (χ1n) is 21.4. The number of carbonyl (C=O) groups excluding carboxylic acids is 6. The Labute approximate surface area is 374 Å². The number of piperidine rings is 1. The van der Waals surface area contributed by atoms with Crippen LogP contribution in [0.15, 0.2) is 59.8 Å². The fourth-order valence-corrected chi connectivity index (χ4v) is 8.42. The number of imide groups is 2. The molecule has 0 aliphatic carbocycles. The lowest BCUT2D eigenvalue weighted by Crippen LogP contribution is -2.58. The van der Waals surface area contributed by atoms with E-state index in [1.165, 1.54) is 12.1 Å². The zero-order valence-electron chi connectivity index (χ0n) is 36.6. The number of pyridine rings is 2. The van der Waals surface area contributed by atoms with E-state index in [2.05, 4.69) is 20.5 Å². The van der Waals surface area contributed by atoms with Crippen LogP contribution in [-0.4, -0.2) is 131 Å². The predicted molar refractivity (Wildman–Crippen MR) is 235 cm³/mol. The molecular weight excluding hydrogens is 843 g/mol. The number of ether oxygens (including phenoxy) is 3. The summed E-state index contributed by atoms with van der Waals surface area (Å²) in [4.78, 5) is 105. The van der Waals surface area contributed by atoms with Crippen LogP contribution in [0.2, 0.25) is 0 Å². The van der Waals surface area contributed by atoms with Crippen LogP contribution >= 0.6 is 0 Å². The molecule has 6 amide bonds. The molecule has 0 spiro atoms. The van der Waals surface area contributed by atoms with Gasteiger partial charge in [0.05, 0.1) is 42.3 Å². The monoisotopic (exact) mass is 895 g/mol. The van der Waals surface area contributed by atoms with Crippen molar-refractivity contribution in [1.82, 2.24) is 34.9 Å². The van der Waals surface area contributed by atoms with E-state index in [0.717, 1.165) is 85.0 Å². The second kappa shape index (κ2) is 22.0. The molecule has 2 saturated heterocycles. The minimum Gasteiger partial charge on any atom is -0.496 e. The summed E-state index contributed by atoms with van der Waals surface area (Å²) < 4.78 is 18.9. The molecule has 5 heterocycles. The molecule has 344 valence electrons. The molecule has 3 aliphatic rings. The lowest BCUT2D eigenvalue weighted by atomic mass is 9.98. The Morgan fingerprint density at radius 2 is 1.62 bits per heavy atom. The van der Waals surface area contributed by atoms with E-state index in [0.29, 0.717) is 36.5 Å². The summed E-state index contributed by atoms with van der Waals surface area (Å²) in [6, 6.07) is 9.31. The molecule has 1 atom stereocenters. The van der Waals surface area contributed by atoms with Gasteiger partial charge in [-0.2, -0.15) is 0 Å². The van der Waals surface area contributed by atoms with Gasteiger partial charge in [-0.3, -0.25) is 58.5 Å². The summed E-state index contributed by atoms with van der Waals surface area (Å²) in [6.07, 6.45) is 11.6. The number of methoxy groups -OCH3 is 2. The Morgan fingerprint density at radius 3 is 2.29 bits per heavy atom. The van der Waals surface area contributed by atoms with Crippen LogP contribution in [-0.2, 0) is 37.6 Å². The third-order valence-corrected chi connectivity index (χ3v) is 11.8. The van der Waals surface area contributed by atoms with E-state index < -0.39 is 29.7 Å². The number of likely N-dealkylation sites (tertiary alicyclic amines) is 1. The molecular formula is C46H53N7O12. The molecule has 19 nitrogen and oxygen atoms in total. The molecule has 1 unspecified atom stereocenters. The lowest BCUT2D eigenvalue weighted by Gasteiger charge is -2.44. The molecule has 0 bridgehead atoms. The molecule has 2 aromatic heterocycles. The summed E-state index contributed by atoms with van der Waals surface area (Å²) in [5.41, 5.74) is 2.58. The number of amides is 6. The fraction of sp³-hybridized carbons (Fsp3) is 0.413. The Balaban J connectivity index is 0.00000227. The van der Waals surface area contributed by atoms with Crippen molar-refractivity contribution in [3.8, 4) is 28.4 Å². The first kappa shape index (κ1) is 47.3. The van der Waals surface area contributed by atoms with Crippen LogP contribution in [0.1, 0.15) is 77.6 Å². The van der Waals surface area contributed by atoms with Crippen LogP contribution < -0.4 is 30.4 Å². The summed E-state index contributed by atoms with van der Waals surface area (Å²) in [5.74, 6) is -1.45. The summed E-state index contributed by atoms with van der Waals surface area (Å²) >= 11 is 0. The van der Waals surface area contributed by atoms with Crippen LogP contribution in [0, 0.1) is 0 Å². The molecule has 2 aromatic carbocycles. The van der Waals surface area contributed by atoms with Gasteiger partial charge in [0.2, 0.25) is 18.2 Å². The van der Waals surface area contributed by atoms with Gasteiger partial charge >= 0.3 is 0 Å². The third-order valence-electron chi connectivity index (χ3n) is 11.8. The van der Waals surface area contributed by atoms with Gasteiger partial charge in [-0.1, -0.05) is 31.7 Å². The van der Waals surface area contributed by atoms with E-state index in [1.54, 1.807) is 44.3 Å². The number of carboxylic acid groups (broad SMARTS) is 1. The van der Waals surface area contributed by atoms with Gasteiger partial charge in [0.25, 0.3) is 29.8 Å². The predicted octanol–water partition coefficient (Wildman–Crippen LogP) is 2.90. The fourth-order valence-electron chi connectivity index (χ4n) is 8.42. The van der Waals surface area contributed by atoms with Crippen molar-refractivity contribution in [2.45, 2.75) is 70.0 Å². The Hall–Kier alpha value is -7.15. The highest BCUT2D eigenvalue weighted by Crippen LogP contribution is 2.39. The number of nitrogens with zero attached hydrogens (tertiary/aromatic N) is 5. The van der Waals surface area contributed by atoms with Crippen molar-refractivity contribution in [1.29, 1.82) is 0 Å². The zero-order chi connectivity index (χ0) is 46.6. The second-order valence-corrected chi connectivity index (χ2v) is 15.9. The SMILES string of the molecule is COc1cc(-c2cn(C)c(=O)c3cnccc23)cc(OC)c1CN1CC(N(C=O)CCCCCCCCNC(=O)COc2cccc3c2C(=O)N(C2CCC(=O)NC2=O)C3=O)C1.O=CO. The number of aryl methyl sites for hydroxylation is 1. The van der Waals surface area contributed by atoms with Crippen LogP contribution in [0.5, 0.6) is 17.2 Å². The van der Waals surface area contributed by atoms with Crippen LogP contribution in [0.4, 0.5) is 0 Å². The number of carbonyl (C=O) groups is 7.